The van der Waals surface area contributed by atoms with Crippen LogP contribution in [0, 0.1) is 0 Å². The Morgan fingerprint density at radius 3 is 1.70 bits per heavy atom. The lowest BCUT2D eigenvalue weighted by Crippen LogP contribution is -2.24. The van der Waals surface area contributed by atoms with Crippen molar-refractivity contribution in [2.45, 2.75) is 0 Å². The number of anilines is 7. The SMILES string of the molecule is NCCNc1nc2nc(n1)NCCNc1nc(NCCN=C(N)Nc3ccccc3)nc(n1)NCCN2. The summed E-state index contributed by atoms with van der Waals surface area (Å²) in [6.07, 6.45) is 0. The van der Waals surface area contributed by atoms with E-state index >= 15 is 0 Å². The fourth-order valence-electron chi connectivity index (χ4n) is 3.16. The Morgan fingerprint density at radius 2 is 1.22 bits per heavy atom. The predicted molar refractivity (Wildman–Crippen MR) is 146 cm³/mol. The average Bonchev–Trinajstić information content (AvgIpc) is 2.90. The van der Waals surface area contributed by atoms with Gasteiger partial charge in [-0.1, -0.05) is 18.2 Å². The Bertz CT molecular complexity index is 1110. The van der Waals surface area contributed by atoms with E-state index in [1.54, 1.807) is 0 Å². The van der Waals surface area contributed by atoms with E-state index in [2.05, 4.69) is 72.1 Å². The summed E-state index contributed by atoms with van der Waals surface area (Å²) in [5.74, 6) is 2.97. The normalized spacial score (nSPS) is 13.6. The molecule has 37 heavy (non-hydrogen) atoms. The van der Waals surface area contributed by atoms with Crippen molar-refractivity contribution in [2.24, 2.45) is 16.5 Å². The highest BCUT2D eigenvalue weighted by atomic mass is 15.3. The molecule has 0 aliphatic carbocycles. The van der Waals surface area contributed by atoms with Gasteiger partial charge in [-0.15, -0.1) is 0 Å². The number of aromatic nitrogens is 6. The van der Waals surface area contributed by atoms with Gasteiger partial charge in [0.1, 0.15) is 0 Å². The van der Waals surface area contributed by atoms with Crippen molar-refractivity contribution in [3.05, 3.63) is 30.3 Å². The van der Waals surface area contributed by atoms with Gasteiger partial charge in [-0.3, -0.25) is 4.99 Å². The Morgan fingerprint density at radius 1 is 0.730 bits per heavy atom. The third-order valence-electron chi connectivity index (χ3n) is 4.80. The van der Waals surface area contributed by atoms with E-state index in [4.69, 9.17) is 11.5 Å². The molecule has 0 saturated carbocycles. The average molecular weight is 509 g/mol. The molecule has 1 aliphatic rings. The minimum atomic E-state index is 0.334. The highest BCUT2D eigenvalue weighted by Gasteiger charge is 2.09. The number of hydrogen-bond acceptors (Lipinski definition) is 14. The first-order valence-electron chi connectivity index (χ1n) is 12.0. The maximum absolute atomic E-state index is 5.95. The molecule has 0 atom stereocenters. The van der Waals surface area contributed by atoms with E-state index in [0.29, 0.717) is 94.0 Å². The highest BCUT2D eigenvalue weighted by Crippen LogP contribution is 2.11. The van der Waals surface area contributed by atoms with Crippen LogP contribution in [0.2, 0.25) is 0 Å². The molecular weight excluding hydrogens is 476 g/mol. The van der Waals surface area contributed by atoms with Crippen LogP contribution in [-0.2, 0) is 0 Å². The molecule has 4 rings (SSSR count). The standard InChI is InChI=1S/C21H32N16/c22-6-7-25-16-32-18-27-10-12-29-20-34-17(35-21(37-20)30-13-11-28-19(33-16)36-18)26-9-8-24-15(23)31-14-4-2-1-3-5-14/h1-5H,6-13,22H2,(H3,23,24,31)(H3,25,27,28,32,33,36)(H3,26,29,30,34,35,37). The number of hydrogen-bond donors (Lipinski definition) is 9. The maximum atomic E-state index is 5.95. The topological polar surface area (TPSA) is 226 Å². The number of para-hydroxylation sites is 1. The van der Waals surface area contributed by atoms with Gasteiger partial charge < -0.3 is 48.7 Å². The van der Waals surface area contributed by atoms with Crippen LogP contribution in [-0.4, -0.2) is 88.2 Å². The van der Waals surface area contributed by atoms with Gasteiger partial charge in [-0.05, 0) is 12.1 Å². The zero-order chi connectivity index (χ0) is 25.7. The van der Waals surface area contributed by atoms with Crippen LogP contribution in [0.4, 0.5) is 41.4 Å². The minimum Gasteiger partial charge on any atom is -0.370 e. The molecule has 1 aliphatic heterocycles. The second kappa shape index (κ2) is 13.4. The van der Waals surface area contributed by atoms with Crippen LogP contribution in [0.1, 0.15) is 0 Å². The van der Waals surface area contributed by atoms with E-state index in [1.165, 1.54) is 0 Å². The molecule has 3 aromatic rings. The first-order chi connectivity index (χ1) is 18.2. The van der Waals surface area contributed by atoms with E-state index in [9.17, 15) is 0 Å². The molecule has 1 aromatic carbocycles. The monoisotopic (exact) mass is 508 g/mol. The molecule has 16 heteroatoms. The zero-order valence-corrected chi connectivity index (χ0v) is 20.3. The lowest BCUT2D eigenvalue weighted by molar-refractivity contribution is 0.916. The van der Waals surface area contributed by atoms with E-state index in [0.717, 1.165) is 5.69 Å². The fourth-order valence-corrected chi connectivity index (χ4v) is 3.16. The molecule has 11 N–H and O–H groups in total. The summed E-state index contributed by atoms with van der Waals surface area (Å²) in [7, 11) is 0. The van der Waals surface area contributed by atoms with Gasteiger partial charge in [-0.2, -0.15) is 29.9 Å². The Kier molecular flexibility index (Phi) is 9.17. The van der Waals surface area contributed by atoms with E-state index in [1.807, 2.05) is 30.3 Å². The van der Waals surface area contributed by atoms with Crippen LogP contribution in [0.5, 0.6) is 0 Å². The third kappa shape index (κ3) is 8.46. The van der Waals surface area contributed by atoms with Gasteiger partial charge >= 0.3 is 0 Å². The Balaban J connectivity index is 1.33. The summed E-state index contributed by atoms with van der Waals surface area (Å²) in [4.78, 5) is 30.8. The summed E-state index contributed by atoms with van der Waals surface area (Å²) in [6, 6.07) is 9.62. The van der Waals surface area contributed by atoms with Crippen molar-refractivity contribution in [2.75, 3.05) is 89.6 Å². The molecule has 196 valence electrons. The highest BCUT2D eigenvalue weighted by molar-refractivity contribution is 5.92. The van der Waals surface area contributed by atoms with Crippen molar-refractivity contribution in [3.63, 3.8) is 0 Å². The van der Waals surface area contributed by atoms with Gasteiger partial charge in [0, 0.05) is 51.5 Å². The van der Waals surface area contributed by atoms with Gasteiger partial charge in [0.15, 0.2) is 5.96 Å². The molecular formula is C21H32N16. The third-order valence-corrected chi connectivity index (χ3v) is 4.80. The summed E-state index contributed by atoms with van der Waals surface area (Å²) in [5.41, 5.74) is 12.4. The van der Waals surface area contributed by atoms with Crippen molar-refractivity contribution in [1.29, 1.82) is 0 Å². The van der Waals surface area contributed by atoms with Crippen molar-refractivity contribution in [3.8, 4) is 0 Å². The fraction of sp³-hybridized carbons (Fsp3) is 0.381. The van der Waals surface area contributed by atoms with Crippen molar-refractivity contribution < 1.29 is 0 Å². The van der Waals surface area contributed by atoms with Gasteiger partial charge in [0.25, 0.3) is 0 Å². The van der Waals surface area contributed by atoms with Gasteiger partial charge in [0.2, 0.25) is 35.7 Å². The Hall–Kier alpha value is -4.73. The second-order valence-corrected chi connectivity index (χ2v) is 7.72. The molecule has 3 heterocycles. The molecule has 0 fully saturated rings. The second-order valence-electron chi connectivity index (χ2n) is 7.72. The molecule has 0 amide bonds. The van der Waals surface area contributed by atoms with Gasteiger partial charge in [0.05, 0.1) is 6.54 Å². The number of aliphatic imine (C=N–C) groups is 1. The number of nitrogens with one attached hydrogen (secondary N) is 7. The number of guanidine groups is 1. The lowest BCUT2D eigenvalue weighted by Gasteiger charge is -2.14. The molecule has 16 nitrogen and oxygen atoms in total. The van der Waals surface area contributed by atoms with Crippen molar-refractivity contribution in [1.82, 2.24) is 29.9 Å². The number of nitrogens with two attached hydrogens (primary N) is 2. The predicted octanol–water partition coefficient (Wildman–Crippen LogP) is -0.373. The minimum absolute atomic E-state index is 0.334. The van der Waals surface area contributed by atoms with Crippen LogP contribution < -0.4 is 48.7 Å². The first kappa shape index (κ1) is 25.4. The van der Waals surface area contributed by atoms with E-state index in [-0.39, 0.29) is 0 Å². The largest absolute Gasteiger partial charge is 0.370 e. The van der Waals surface area contributed by atoms with Crippen LogP contribution in [0.3, 0.4) is 0 Å². The quantitative estimate of drug-likeness (QED) is 0.107. The molecule has 0 spiro atoms. The van der Waals surface area contributed by atoms with Gasteiger partial charge in [-0.25, -0.2) is 0 Å². The van der Waals surface area contributed by atoms with Crippen LogP contribution >= 0.6 is 0 Å². The number of benzene rings is 1. The molecule has 0 unspecified atom stereocenters. The van der Waals surface area contributed by atoms with Crippen LogP contribution in [0.15, 0.2) is 35.3 Å². The zero-order valence-electron chi connectivity index (χ0n) is 20.3. The Labute approximate surface area is 214 Å². The number of nitrogens with zero attached hydrogens (tertiary/aromatic N) is 7. The summed E-state index contributed by atoms with van der Waals surface area (Å²) in [5, 5.41) is 22.0. The molecule has 0 saturated heterocycles. The van der Waals surface area contributed by atoms with E-state index < -0.39 is 0 Å². The summed E-state index contributed by atoms with van der Waals surface area (Å²) < 4.78 is 0. The maximum Gasteiger partial charge on any atom is 0.229 e. The molecule has 4 bridgehead atoms. The smallest absolute Gasteiger partial charge is 0.229 e. The number of fused-ring (bicyclic) bond motifs is 4. The first-order valence-corrected chi connectivity index (χ1v) is 12.0. The van der Waals surface area contributed by atoms with Crippen LogP contribution in [0.25, 0.3) is 0 Å². The molecule has 0 radical (unpaired) electrons. The molecule has 2 aromatic heterocycles. The van der Waals surface area contributed by atoms with Crippen molar-refractivity contribution >= 4 is 47.3 Å². The summed E-state index contributed by atoms with van der Waals surface area (Å²) >= 11 is 0. The number of rotatable bonds is 8. The lowest BCUT2D eigenvalue weighted by atomic mass is 10.3. The summed E-state index contributed by atoms with van der Waals surface area (Å²) in [6.45, 7) is 4.05.